The van der Waals surface area contributed by atoms with Crippen LogP contribution < -0.4 is 5.32 Å². The molecule has 0 aromatic rings. The van der Waals surface area contributed by atoms with E-state index in [1.807, 2.05) is 0 Å². The van der Waals surface area contributed by atoms with Crippen LogP contribution in [0.2, 0.25) is 0 Å². The summed E-state index contributed by atoms with van der Waals surface area (Å²) in [6, 6.07) is 0.680. The van der Waals surface area contributed by atoms with Gasteiger partial charge in [0, 0.05) is 16.8 Å². The van der Waals surface area contributed by atoms with Gasteiger partial charge < -0.3 is 10.4 Å². The third-order valence-corrected chi connectivity index (χ3v) is 5.78. The summed E-state index contributed by atoms with van der Waals surface area (Å²) >= 11 is 2.07. The molecule has 3 heteroatoms. The largest absolute Gasteiger partial charge is 0.394 e. The standard InChI is InChI=1S/C15H31NOS/c1-5-15(11-17,16-14-7-8-14)9-6-10-18-13(4)12(2)3/h12-14,16-17H,5-11H2,1-4H3. The van der Waals surface area contributed by atoms with E-state index in [1.54, 1.807) is 0 Å². The molecule has 2 atom stereocenters. The molecule has 0 spiro atoms. The summed E-state index contributed by atoms with van der Waals surface area (Å²) in [4.78, 5) is 0. The lowest BCUT2D eigenvalue weighted by atomic mass is 9.91. The van der Waals surface area contributed by atoms with Crippen LogP contribution in [0.5, 0.6) is 0 Å². The van der Waals surface area contributed by atoms with Crippen molar-refractivity contribution in [2.75, 3.05) is 12.4 Å². The van der Waals surface area contributed by atoms with Crippen molar-refractivity contribution in [3.63, 3.8) is 0 Å². The van der Waals surface area contributed by atoms with Gasteiger partial charge in [-0.3, -0.25) is 0 Å². The smallest absolute Gasteiger partial charge is 0.0613 e. The molecule has 1 aliphatic carbocycles. The molecule has 0 aliphatic heterocycles. The number of thioether (sulfide) groups is 1. The SMILES string of the molecule is CCC(CO)(CCCSC(C)C(C)C)NC1CC1. The van der Waals surface area contributed by atoms with Gasteiger partial charge in [-0.1, -0.05) is 27.7 Å². The molecule has 0 aromatic carbocycles. The third kappa shape index (κ3) is 5.50. The second kappa shape index (κ2) is 7.76. The van der Waals surface area contributed by atoms with E-state index in [-0.39, 0.29) is 12.1 Å². The van der Waals surface area contributed by atoms with Crippen molar-refractivity contribution >= 4 is 11.8 Å². The highest BCUT2D eigenvalue weighted by atomic mass is 32.2. The van der Waals surface area contributed by atoms with Crippen LogP contribution in [0.3, 0.4) is 0 Å². The van der Waals surface area contributed by atoms with Crippen molar-refractivity contribution in [3.8, 4) is 0 Å². The van der Waals surface area contributed by atoms with Crippen LogP contribution >= 0.6 is 11.8 Å². The van der Waals surface area contributed by atoms with E-state index in [0.717, 1.165) is 24.0 Å². The Balaban J connectivity index is 2.24. The number of hydrogen-bond acceptors (Lipinski definition) is 3. The van der Waals surface area contributed by atoms with Crippen molar-refractivity contribution < 1.29 is 5.11 Å². The first-order valence-electron chi connectivity index (χ1n) is 7.53. The maximum absolute atomic E-state index is 9.68. The summed E-state index contributed by atoms with van der Waals surface area (Å²) in [5.74, 6) is 1.97. The molecular formula is C15H31NOS. The van der Waals surface area contributed by atoms with Gasteiger partial charge in [0.15, 0.2) is 0 Å². The molecular weight excluding hydrogens is 242 g/mol. The van der Waals surface area contributed by atoms with Crippen molar-refractivity contribution in [1.29, 1.82) is 0 Å². The topological polar surface area (TPSA) is 32.3 Å². The maximum atomic E-state index is 9.68. The van der Waals surface area contributed by atoms with Gasteiger partial charge in [-0.2, -0.15) is 11.8 Å². The van der Waals surface area contributed by atoms with Gasteiger partial charge in [-0.15, -0.1) is 0 Å². The first-order valence-corrected chi connectivity index (χ1v) is 8.58. The summed E-state index contributed by atoms with van der Waals surface area (Å²) in [5.41, 5.74) is -0.0111. The van der Waals surface area contributed by atoms with E-state index >= 15 is 0 Å². The maximum Gasteiger partial charge on any atom is 0.0613 e. The van der Waals surface area contributed by atoms with Gasteiger partial charge in [0.25, 0.3) is 0 Å². The Bertz CT molecular complexity index is 225. The van der Waals surface area contributed by atoms with Crippen LogP contribution in [0.1, 0.15) is 59.8 Å². The fourth-order valence-electron chi connectivity index (χ4n) is 2.12. The lowest BCUT2D eigenvalue weighted by Gasteiger charge is -2.32. The molecule has 0 aromatic heterocycles. The molecule has 2 nitrogen and oxygen atoms in total. The monoisotopic (exact) mass is 273 g/mol. The second-order valence-corrected chi connectivity index (χ2v) is 7.62. The fraction of sp³-hybridized carbons (Fsp3) is 1.00. The molecule has 108 valence electrons. The number of rotatable bonds is 10. The summed E-state index contributed by atoms with van der Waals surface area (Å²) < 4.78 is 0. The Hall–Kier alpha value is 0.270. The third-order valence-electron chi connectivity index (χ3n) is 4.19. The minimum absolute atomic E-state index is 0.0111. The second-order valence-electron chi connectivity index (χ2n) is 6.13. The van der Waals surface area contributed by atoms with E-state index in [2.05, 4.69) is 44.8 Å². The Morgan fingerprint density at radius 2 is 2.00 bits per heavy atom. The highest BCUT2D eigenvalue weighted by molar-refractivity contribution is 7.99. The Morgan fingerprint density at radius 1 is 1.33 bits per heavy atom. The molecule has 1 saturated carbocycles. The highest BCUT2D eigenvalue weighted by Crippen LogP contribution is 2.28. The molecule has 2 unspecified atom stereocenters. The summed E-state index contributed by atoms with van der Waals surface area (Å²) in [6.45, 7) is 9.36. The molecule has 0 bridgehead atoms. The first-order chi connectivity index (χ1) is 8.53. The van der Waals surface area contributed by atoms with Crippen LogP contribution in [-0.4, -0.2) is 34.3 Å². The molecule has 1 aliphatic rings. The van der Waals surface area contributed by atoms with E-state index in [9.17, 15) is 5.11 Å². The van der Waals surface area contributed by atoms with Gasteiger partial charge in [0.1, 0.15) is 0 Å². The zero-order valence-electron chi connectivity index (χ0n) is 12.5. The van der Waals surface area contributed by atoms with Crippen LogP contribution in [0, 0.1) is 5.92 Å². The molecule has 1 rings (SSSR count). The predicted molar refractivity (Wildman–Crippen MR) is 82.3 cm³/mol. The summed E-state index contributed by atoms with van der Waals surface area (Å²) in [7, 11) is 0. The number of hydrogen-bond donors (Lipinski definition) is 2. The number of aliphatic hydroxyl groups is 1. The molecule has 2 N–H and O–H groups in total. The van der Waals surface area contributed by atoms with E-state index in [1.165, 1.54) is 25.0 Å². The zero-order valence-corrected chi connectivity index (χ0v) is 13.4. The van der Waals surface area contributed by atoms with Gasteiger partial charge in [0.2, 0.25) is 0 Å². The van der Waals surface area contributed by atoms with Crippen molar-refractivity contribution in [3.05, 3.63) is 0 Å². The van der Waals surface area contributed by atoms with Crippen LogP contribution in [0.4, 0.5) is 0 Å². The Kier molecular flexibility index (Phi) is 7.04. The molecule has 0 heterocycles. The Labute approximate surface area is 117 Å². The Morgan fingerprint density at radius 3 is 2.44 bits per heavy atom. The lowest BCUT2D eigenvalue weighted by Crippen LogP contribution is -2.49. The fourth-order valence-corrected chi connectivity index (χ4v) is 3.19. The molecule has 0 radical (unpaired) electrons. The van der Waals surface area contributed by atoms with Crippen LogP contribution in [0.25, 0.3) is 0 Å². The van der Waals surface area contributed by atoms with Crippen LogP contribution in [0.15, 0.2) is 0 Å². The van der Waals surface area contributed by atoms with Gasteiger partial charge >= 0.3 is 0 Å². The van der Waals surface area contributed by atoms with Gasteiger partial charge in [0.05, 0.1) is 6.61 Å². The minimum atomic E-state index is -0.0111. The minimum Gasteiger partial charge on any atom is -0.394 e. The van der Waals surface area contributed by atoms with Crippen molar-refractivity contribution in [1.82, 2.24) is 5.32 Å². The normalized spacial score (nSPS) is 21.0. The van der Waals surface area contributed by atoms with Crippen molar-refractivity contribution in [2.45, 2.75) is 76.6 Å². The summed E-state index contributed by atoms with van der Waals surface area (Å²) in [6.07, 6.45) is 5.93. The molecule has 0 saturated heterocycles. The predicted octanol–water partition coefficient (Wildman–Crippen LogP) is 3.44. The highest BCUT2D eigenvalue weighted by Gasteiger charge is 2.33. The van der Waals surface area contributed by atoms with Gasteiger partial charge in [-0.05, 0) is 43.8 Å². The van der Waals surface area contributed by atoms with Crippen molar-refractivity contribution in [2.24, 2.45) is 5.92 Å². The number of aliphatic hydroxyl groups excluding tert-OH is 1. The quantitative estimate of drug-likeness (QED) is 0.598. The summed E-state index contributed by atoms with van der Waals surface area (Å²) in [5, 5.41) is 14.1. The van der Waals surface area contributed by atoms with E-state index in [0.29, 0.717) is 6.04 Å². The van der Waals surface area contributed by atoms with Crippen LogP contribution in [-0.2, 0) is 0 Å². The average Bonchev–Trinajstić information content (AvgIpc) is 3.16. The van der Waals surface area contributed by atoms with E-state index < -0.39 is 0 Å². The van der Waals surface area contributed by atoms with Gasteiger partial charge in [-0.25, -0.2) is 0 Å². The molecule has 18 heavy (non-hydrogen) atoms. The van der Waals surface area contributed by atoms with E-state index in [4.69, 9.17) is 0 Å². The zero-order chi connectivity index (χ0) is 13.6. The first kappa shape index (κ1) is 16.3. The molecule has 1 fully saturated rings. The average molecular weight is 273 g/mol. The lowest BCUT2D eigenvalue weighted by molar-refractivity contribution is 0.144. The number of nitrogens with one attached hydrogen (secondary N) is 1. The molecule has 0 amide bonds.